The zero-order valence-corrected chi connectivity index (χ0v) is 5.90. The fourth-order valence-corrected chi connectivity index (χ4v) is 0.375. The molecule has 0 nitrogen and oxygen atoms in total. The van der Waals surface area contributed by atoms with Gasteiger partial charge in [-0.3, -0.25) is 0 Å². The predicted octanol–water partition coefficient (Wildman–Crippen LogP) is 3.76. The molecule has 0 aromatic carbocycles. The van der Waals surface area contributed by atoms with E-state index < -0.39 is 30.2 Å². The lowest BCUT2D eigenvalue weighted by Crippen LogP contribution is -2.43. The number of alkyl halides is 4. The van der Waals surface area contributed by atoms with E-state index in [-0.39, 0.29) is 0 Å². The van der Waals surface area contributed by atoms with Crippen LogP contribution in [-0.4, -0.2) is 11.8 Å². The van der Waals surface area contributed by atoms with E-state index in [9.17, 15) is 39.5 Å². The first-order valence-corrected chi connectivity index (χ1v) is 2.70. The van der Waals surface area contributed by atoms with E-state index in [4.69, 9.17) is 0 Å². The minimum absolute atomic E-state index is 3.78. The molecule has 9 heteroatoms. The summed E-state index contributed by atoms with van der Waals surface area (Å²) in [7, 11) is 0. The van der Waals surface area contributed by atoms with Gasteiger partial charge in [-0.15, -0.1) is 0 Å². The van der Waals surface area contributed by atoms with Crippen molar-refractivity contribution in [3.8, 4) is 0 Å². The van der Waals surface area contributed by atoms with Gasteiger partial charge in [-0.1, -0.05) is 0 Å². The number of halogens is 9. The molecule has 0 rings (SSSR count). The highest BCUT2D eigenvalue weighted by molar-refractivity contribution is 5.14. The lowest BCUT2D eigenvalue weighted by atomic mass is 10.1. The van der Waals surface area contributed by atoms with Gasteiger partial charge < -0.3 is 0 Å². The van der Waals surface area contributed by atoms with Gasteiger partial charge in [0.25, 0.3) is 0 Å². The molecule has 0 aliphatic rings. The third-order valence-electron chi connectivity index (χ3n) is 1.07. The van der Waals surface area contributed by atoms with Crippen molar-refractivity contribution < 1.29 is 39.5 Å². The first-order chi connectivity index (χ1) is 6.05. The molecule has 83 valence electrons. The van der Waals surface area contributed by atoms with Crippen LogP contribution >= 0.6 is 0 Å². The monoisotopic (exact) mass is 231 g/mol. The average molecular weight is 231 g/mol. The summed E-state index contributed by atoms with van der Waals surface area (Å²) >= 11 is 0. The van der Waals surface area contributed by atoms with Crippen molar-refractivity contribution in [2.24, 2.45) is 0 Å². The summed E-state index contributed by atoms with van der Waals surface area (Å²) in [5.74, 6) is -16.4. The van der Waals surface area contributed by atoms with Gasteiger partial charge in [0.1, 0.15) is 0 Å². The highest BCUT2D eigenvalue weighted by Gasteiger charge is 2.68. The topological polar surface area (TPSA) is 0 Å². The molecule has 0 aromatic heterocycles. The van der Waals surface area contributed by atoms with Crippen molar-refractivity contribution in [2.45, 2.75) is 11.8 Å². The van der Waals surface area contributed by atoms with E-state index in [1.54, 1.807) is 0 Å². The maximum absolute atomic E-state index is 11.9. The predicted molar refractivity (Wildman–Crippen MR) is 25.7 cm³/mol. The molecule has 0 spiro atoms. The third kappa shape index (κ3) is 1.95. The molecule has 0 fully saturated rings. The molecule has 14 heavy (non-hydrogen) atoms. The highest BCUT2D eigenvalue weighted by atomic mass is 19.3. The fraction of sp³-hybridized carbons (Fsp3) is 0.400. The molecule has 0 aromatic rings. The molecule has 0 N–H and O–H groups in total. The second-order valence-electron chi connectivity index (χ2n) is 1.98. The van der Waals surface area contributed by atoms with Crippen LogP contribution in [0.15, 0.2) is 11.9 Å². The Kier molecular flexibility index (Phi) is 3.46. The Balaban J connectivity index is 5.26. The third-order valence-corrected chi connectivity index (χ3v) is 1.07. The Bertz CT molecular complexity index is 236. The molecule has 0 heterocycles. The minimum Gasteiger partial charge on any atom is -0.199 e. The molecule has 0 unspecified atom stereocenters. The lowest BCUT2D eigenvalue weighted by Gasteiger charge is -2.22. The molecule has 0 saturated heterocycles. The highest BCUT2D eigenvalue weighted by Crippen LogP contribution is 2.48. The zero-order chi connectivity index (χ0) is 11.7. The van der Waals surface area contributed by atoms with Crippen LogP contribution in [0.4, 0.5) is 39.5 Å². The summed E-state index contributed by atoms with van der Waals surface area (Å²) in [4.78, 5) is 0. The molecule has 0 bridgehead atoms. The summed E-state index contributed by atoms with van der Waals surface area (Å²) in [6, 6.07) is 0. The van der Waals surface area contributed by atoms with Crippen molar-refractivity contribution in [2.75, 3.05) is 0 Å². The normalized spacial score (nSPS) is 13.3. The second-order valence-corrected chi connectivity index (χ2v) is 1.98. The molecule has 0 atom stereocenters. The van der Waals surface area contributed by atoms with Gasteiger partial charge >= 0.3 is 24.4 Å². The van der Waals surface area contributed by atoms with Gasteiger partial charge in [0.2, 0.25) is 5.83 Å². The summed E-state index contributed by atoms with van der Waals surface area (Å²) in [6.07, 6.45) is -7.94. The van der Waals surface area contributed by atoms with Crippen LogP contribution in [-0.2, 0) is 0 Å². The maximum Gasteiger partial charge on any atom is 0.385 e. The minimum atomic E-state index is -6.26. The molecular weight excluding hydrogens is 231 g/mol. The quantitative estimate of drug-likeness (QED) is 0.648. The van der Waals surface area contributed by atoms with Crippen LogP contribution in [0.5, 0.6) is 0 Å². The van der Waals surface area contributed by atoms with Crippen molar-refractivity contribution in [3.05, 3.63) is 18.3 Å². The van der Waals surface area contributed by atoms with Crippen LogP contribution in [0.3, 0.4) is 0 Å². The van der Waals surface area contributed by atoms with Gasteiger partial charge in [0, 0.05) is 0 Å². The average Bonchev–Trinajstić information content (AvgIpc) is 2.01. The first-order valence-electron chi connectivity index (χ1n) is 2.70. The Hall–Kier alpha value is -0.890. The molecule has 0 amide bonds. The number of rotatable bonds is 3. The van der Waals surface area contributed by atoms with E-state index >= 15 is 0 Å². The second kappa shape index (κ2) is 3.70. The van der Waals surface area contributed by atoms with Gasteiger partial charge in [0.05, 0.1) is 0 Å². The fourth-order valence-electron chi connectivity index (χ4n) is 0.375. The van der Waals surface area contributed by atoms with Crippen LogP contribution in [0, 0.1) is 6.43 Å². The van der Waals surface area contributed by atoms with E-state index in [0.29, 0.717) is 0 Å². The van der Waals surface area contributed by atoms with Crippen molar-refractivity contribution in [3.63, 3.8) is 0 Å². The van der Waals surface area contributed by atoms with Gasteiger partial charge in [-0.2, -0.15) is 39.5 Å². The molecule has 0 aliphatic carbocycles. The molecule has 0 aliphatic heterocycles. The van der Waals surface area contributed by atoms with E-state index in [1.807, 2.05) is 0 Å². The van der Waals surface area contributed by atoms with Crippen LogP contribution in [0.1, 0.15) is 0 Å². The summed E-state index contributed by atoms with van der Waals surface area (Å²) in [5.41, 5.74) is 0. The number of hydrogen-bond acceptors (Lipinski definition) is 0. The Morgan fingerprint density at radius 2 is 1.00 bits per heavy atom. The molecular formula is C5F9. The standard InChI is InChI=1S/C5F9/c6-1(2(7)8)4(11,12)5(13,14)3(9)10. The van der Waals surface area contributed by atoms with Crippen molar-refractivity contribution >= 4 is 0 Å². The van der Waals surface area contributed by atoms with Crippen LogP contribution in [0.2, 0.25) is 0 Å². The zero-order valence-electron chi connectivity index (χ0n) is 5.90. The summed E-state index contributed by atoms with van der Waals surface area (Å²) in [5, 5.41) is 0. The van der Waals surface area contributed by atoms with Crippen molar-refractivity contribution in [1.82, 2.24) is 0 Å². The summed E-state index contributed by atoms with van der Waals surface area (Å²) in [6.45, 7) is 0. The largest absolute Gasteiger partial charge is 0.385 e. The van der Waals surface area contributed by atoms with E-state index in [0.717, 1.165) is 0 Å². The Morgan fingerprint density at radius 3 is 1.21 bits per heavy atom. The van der Waals surface area contributed by atoms with Crippen LogP contribution in [0.25, 0.3) is 0 Å². The smallest absolute Gasteiger partial charge is 0.199 e. The molecule has 1 radical (unpaired) electrons. The first kappa shape index (κ1) is 13.1. The van der Waals surface area contributed by atoms with Crippen LogP contribution < -0.4 is 0 Å². The van der Waals surface area contributed by atoms with Crippen molar-refractivity contribution in [1.29, 1.82) is 0 Å². The molecule has 0 saturated carbocycles. The van der Waals surface area contributed by atoms with Gasteiger partial charge in [-0.25, -0.2) is 0 Å². The van der Waals surface area contributed by atoms with E-state index in [2.05, 4.69) is 0 Å². The van der Waals surface area contributed by atoms with E-state index in [1.165, 1.54) is 0 Å². The lowest BCUT2D eigenvalue weighted by molar-refractivity contribution is -0.217. The van der Waals surface area contributed by atoms with Gasteiger partial charge in [-0.05, 0) is 0 Å². The number of hydrogen-bond donors (Lipinski definition) is 0. The SMILES string of the molecule is F[C](F)C(F)(F)C(F)(F)C(F)=C(F)F. The Morgan fingerprint density at radius 1 is 0.643 bits per heavy atom. The number of allylic oxidation sites excluding steroid dienone is 1. The summed E-state index contributed by atoms with van der Waals surface area (Å²) < 4.78 is 104. The Labute approximate surface area is 71.0 Å². The maximum atomic E-state index is 11.9. The van der Waals surface area contributed by atoms with Gasteiger partial charge in [0.15, 0.2) is 0 Å².